The van der Waals surface area contributed by atoms with Crippen molar-refractivity contribution in [3.8, 4) is 11.5 Å². The molecule has 1 aliphatic heterocycles. The van der Waals surface area contributed by atoms with Crippen LogP contribution < -0.4 is 10.5 Å². The summed E-state index contributed by atoms with van der Waals surface area (Å²) in [4.78, 5) is 4.60. The summed E-state index contributed by atoms with van der Waals surface area (Å²) < 4.78 is 18.1. The molecular formula is C32H30Br2N2O4. The summed E-state index contributed by atoms with van der Waals surface area (Å²) in [6.07, 6.45) is 0. The number of benzene rings is 4. The topological polar surface area (TPSA) is 86.3 Å². The minimum Gasteiger partial charge on any atom is -0.508 e. The molecule has 0 fully saturated rings. The average molecular weight is 666 g/mol. The van der Waals surface area contributed by atoms with Gasteiger partial charge in [0.15, 0.2) is 5.54 Å². The summed E-state index contributed by atoms with van der Waals surface area (Å²) in [5, 5.41) is 9.22. The van der Waals surface area contributed by atoms with Crippen LogP contribution in [-0.2, 0) is 15.0 Å². The van der Waals surface area contributed by atoms with Crippen LogP contribution >= 0.6 is 31.9 Å². The molecule has 1 unspecified atom stereocenters. The van der Waals surface area contributed by atoms with E-state index in [9.17, 15) is 5.11 Å². The number of phenols is 1. The summed E-state index contributed by atoms with van der Waals surface area (Å²) in [6.45, 7) is 5.51. The van der Waals surface area contributed by atoms with Gasteiger partial charge in [0, 0.05) is 16.1 Å². The number of hydrogen-bond donors (Lipinski definition) is 2. The molecule has 0 radical (unpaired) electrons. The van der Waals surface area contributed by atoms with E-state index in [0.717, 1.165) is 42.5 Å². The molecule has 0 aliphatic carbocycles. The standard InChI is InChI=1S/C18H19BrN2O3.C14H11BrO/c1-22-9-10-23-16-7-5-13(6-8-16)18(12-24-17(20)21-18)14-3-2-4-15(19)11-14;1-10(11-5-7-14(16)8-6-11)12-3-2-4-13(15)9-12/h2-8,11H,9-10,12H2,1H3,(H2,20,21);2-9,16H,1H2. The van der Waals surface area contributed by atoms with Crippen molar-refractivity contribution in [1.82, 2.24) is 0 Å². The first kappa shape index (κ1) is 29.4. The second-order valence-electron chi connectivity index (χ2n) is 9.01. The van der Waals surface area contributed by atoms with Gasteiger partial charge in [0.25, 0.3) is 6.02 Å². The fourth-order valence-electron chi connectivity index (χ4n) is 4.21. The number of amidine groups is 1. The maximum atomic E-state index is 9.22. The Morgan fingerprint density at radius 3 is 2.17 bits per heavy atom. The van der Waals surface area contributed by atoms with Crippen LogP contribution in [0.1, 0.15) is 22.3 Å². The van der Waals surface area contributed by atoms with Gasteiger partial charge in [-0.3, -0.25) is 0 Å². The van der Waals surface area contributed by atoms with Crippen molar-refractivity contribution in [2.45, 2.75) is 5.54 Å². The molecular weight excluding hydrogens is 636 g/mol. The predicted octanol–water partition coefficient (Wildman–Crippen LogP) is 7.28. The first-order valence-electron chi connectivity index (χ1n) is 12.5. The third-order valence-corrected chi connectivity index (χ3v) is 7.30. The van der Waals surface area contributed by atoms with E-state index in [1.165, 1.54) is 0 Å². The van der Waals surface area contributed by atoms with Gasteiger partial charge >= 0.3 is 0 Å². The van der Waals surface area contributed by atoms with Gasteiger partial charge < -0.3 is 25.1 Å². The van der Waals surface area contributed by atoms with Crippen molar-refractivity contribution in [3.63, 3.8) is 0 Å². The van der Waals surface area contributed by atoms with Crippen LogP contribution in [0.3, 0.4) is 0 Å². The molecule has 8 heteroatoms. The minimum absolute atomic E-state index is 0.204. The van der Waals surface area contributed by atoms with Crippen molar-refractivity contribution < 1.29 is 19.3 Å². The van der Waals surface area contributed by atoms with Crippen molar-refractivity contribution in [2.75, 3.05) is 26.9 Å². The molecule has 0 aromatic heterocycles. The molecule has 40 heavy (non-hydrogen) atoms. The summed E-state index contributed by atoms with van der Waals surface area (Å²) in [7, 11) is 1.65. The number of nitrogens with two attached hydrogens (primary N) is 1. The SMILES string of the molecule is C=C(c1ccc(O)cc1)c1cccc(Br)c1.COCCOc1ccc(C2(c3cccc(Br)c3)COC(N)=N2)cc1. The number of hydrogen-bond acceptors (Lipinski definition) is 6. The molecule has 6 nitrogen and oxygen atoms in total. The van der Waals surface area contributed by atoms with Crippen molar-refractivity contribution >= 4 is 43.5 Å². The van der Waals surface area contributed by atoms with Crippen LogP contribution in [0.25, 0.3) is 5.57 Å². The van der Waals surface area contributed by atoms with E-state index >= 15 is 0 Å². The lowest BCUT2D eigenvalue weighted by Gasteiger charge is -2.25. The molecule has 1 atom stereocenters. The number of ether oxygens (including phenoxy) is 3. The molecule has 5 rings (SSSR count). The molecule has 4 aromatic rings. The summed E-state index contributed by atoms with van der Waals surface area (Å²) >= 11 is 6.95. The summed E-state index contributed by atoms with van der Waals surface area (Å²) in [5.74, 6) is 1.06. The highest BCUT2D eigenvalue weighted by Gasteiger charge is 2.40. The number of aromatic hydroxyl groups is 1. The van der Waals surface area contributed by atoms with Gasteiger partial charge in [0.2, 0.25) is 0 Å². The van der Waals surface area contributed by atoms with Crippen molar-refractivity contribution in [1.29, 1.82) is 0 Å². The second-order valence-corrected chi connectivity index (χ2v) is 10.8. The Hall–Kier alpha value is -3.59. The van der Waals surface area contributed by atoms with Crippen molar-refractivity contribution in [2.24, 2.45) is 10.7 Å². The first-order chi connectivity index (χ1) is 19.3. The smallest absolute Gasteiger partial charge is 0.283 e. The molecule has 0 saturated heterocycles. The van der Waals surface area contributed by atoms with Crippen LogP contribution in [0.2, 0.25) is 0 Å². The Balaban J connectivity index is 0.000000201. The summed E-state index contributed by atoms with van der Waals surface area (Å²) in [6, 6.07) is 31.1. The maximum absolute atomic E-state index is 9.22. The predicted molar refractivity (Wildman–Crippen MR) is 167 cm³/mol. The van der Waals surface area contributed by atoms with Gasteiger partial charge in [-0.2, -0.15) is 0 Å². The average Bonchev–Trinajstić information content (AvgIpc) is 3.37. The van der Waals surface area contributed by atoms with Gasteiger partial charge in [-0.05, 0) is 76.4 Å². The number of phenolic OH excluding ortho intramolecular Hbond substituents is 1. The van der Waals surface area contributed by atoms with Crippen LogP contribution in [0.5, 0.6) is 11.5 Å². The van der Waals surface area contributed by atoms with Gasteiger partial charge in [0.05, 0.1) is 6.61 Å². The lowest BCUT2D eigenvalue weighted by molar-refractivity contribution is 0.146. The van der Waals surface area contributed by atoms with Gasteiger partial charge in [-0.1, -0.05) is 87.0 Å². The van der Waals surface area contributed by atoms with Gasteiger partial charge in [-0.25, -0.2) is 4.99 Å². The number of methoxy groups -OCH3 is 1. The number of aliphatic imine (C=N–C) groups is 1. The van der Waals surface area contributed by atoms with Crippen molar-refractivity contribution in [3.05, 3.63) is 135 Å². The molecule has 3 N–H and O–H groups in total. The fourth-order valence-corrected chi connectivity index (χ4v) is 5.01. The monoisotopic (exact) mass is 664 g/mol. The van der Waals surface area contributed by atoms with E-state index in [4.69, 9.17) is 19.9 Å². The molecule has 0 saturated carbocycles. The highest BCUT2D eigenvalue weighted by atomic mass is 79.9. The number of halogens is 2. The normalized spacial score (nSPS) is 15.8. The van der Waals surface area contributed by atoms with E-state index in [1.54, 1.807) is 19.2 Å². The Bertz CT molecular complexity index is 1470. The lowest BCUT2D eigenvalue weighted by atomic mass is 9.84. The van der Waals surface area contributed by atoms with Crippen LogP contribution in [-0.4, -0.2) is 38.1 Å². The van der Waals surface area contributed by atoms with Gasteiger partial charge in [0.1, 0.15) is 24.7 Å². The third-order valence-electron chi connectivity index (χ3n) is 6.31. The largest absolute Gasteiger partial charge is 0.508 e. The van der Waals surface area contributed by atoms with E-state index in [2.05, 4.69) is 43.4 Å². The molecule has 1 aliphatic rings. The zero-order valence-electron chi connectivity index (χ0n) is 22.0. The second kappa shape index (κ2) is 13.7. The Labute approximate surface area is 251 Å². The molecule has 206 valence electrons. The van der Waals surface area contributed by atoms with E-state index in [0.29, 0.717) is 19.8 Å². The molecule has 1 heterocycles. The maximum Gasteiger partial charge on any atom is 0.283 e. The highest BCUT2D eigenvalue weighted by Crippen LogP contribution is 2.39. The van der Waals surface area contributed by atoms with E-state index in [-0.39, 0.29) is 11.8 Å². The fraction of sp³-hybridized carbons (Fsp3) is 0.156. The van der Waals surface area contributed by atoms with E-state index < -0.39 is 5.54 Å². The minimum atomic E-state index is -0.640. The zero-order chi connectivity index (χ0) is 28.5. The zero-order valence-corrected chi connectivity index (χ0v) is 25.2. The third kappa shape index (κ3) is 7.33. The Kier molecular flexibility index (Phi) is 10.0. The first-order valence-corrected chi connectivity index (χ1v) is 14.1. The Morgan fingerprint density at radius 2 is 1.57 bits per heavy atom. The number of rotatable bonds is 8. The highest BCUT2D eigenvalue weighted by molar-refractivity contribution is 9.10. The lowest BCUT2D eigenvalue weighted by Crippen LogP contribution is -2.27. The molecule has 0 amide bonds. The van der Waals surface area contributed by atoms with Crippen LogP contribution in [0.15, 0.2) is 118 Å². The summed E-state index contributed by atoms with van der Waals surface area (Å²) in [5.41, 5.74) is 10.2. The van der Waals surface area contributed by atoms with Crippen LogP contribution in [0.4, 0.5) is 0 Å². The van der Waals surface area contributed by atoms with Crippen LogP contribution in [0, 0.1) is 0 Å². The molecule has 0 bridgehead atoms. The molecule has 0 spiro atoms. The Morgan fingerprint density at radius 1 is 0.900 bits per heavy atom. The van der Waals surface area contributed by atoms with E-state index in [1.807, 2.05) is 84.9 Å². The van der Waals surface area contributed by atoms with Gasteiger partial charge in [-0.15, -0.1) is 0 Å². The number of nitrogens with zero attached hydrogens (tertiary/aromatic N) is 1. The molecule has 4 aromatic carbocycles. The quantitative estimate of drug-likeness (QED) is 0.193.